The minimum Gasteiger partial charge on any atom is -0.454 e. The van der Waals surface area contributed by atoms with Crippen LogP contribution in [-0.2, 0) is 6.54 Å². The standard InChI is InChI=1S/C22H32N6O2/c1-2-19(27-12-10-26(11-13-27)18-6-4-3-5-7-18)22-23-24-25-28(22)15-17-8-9-20-21(14-17)30-16-29-20/h8-9,14,18-19H,2-7,10-13,15-16H2,1H3. The second-order valence-corrected chi connectivity index (χ2v) is 8.67. The normalized spacial score (nSPS) is 21.8. The summed E-state index contributed by atoms with van der Waals surface area (Å²) in [6.07, 6.45) is 7.98. The molecule has 0 N–H and O–H groups in total. The Kier molecular flexibility index (Phi) is 5.86. The molecule has 0 radical (unpaired) electrons. The fourth-order valence-electron chi connectivity index (χ4n) is 5.24. The van der Waals surface area contributed by atoms with Crippen molar-refractivity contribution in [1.82, 2.24) is 30.0 Å². The molecule has 30 heavy (non-hydrogen) atoms. The Hall–Kier alpha value is -2.19. The first kappa shape index (κ1) is 19.8. The average Bonchev–Trinajstić information content (AvgIpc) is 3.45. The van der Waals surface area contributed by atoms with Crippen LogP contribution in [0.1, 0.15) is 62.9 Å². The van der Waals surface area contributed by atoms with E-state index < -0.39 is 0 Å². The van der Waals surface area contributed by atoms with E-state index in [1.165, 1.54) is 32.1 Å². The van der Waals surface area contributed by atoms with Crippen LogP contribution in [0, 0.1) is 0 Å². The molecule has 3 heterocycles. The molecule has 2 aromatic rings. The van der Waals surface area contributed by atoms with Crippen molar-refractivity contribution >= 4 is 0 Å². The molecule has 1 aliphatic carbocycles. The summed E-state index contributed by atoms with van der Waals surface area (Å²) in [6, 6.07) is 7.10. The number of piperazine rings is 1. The van der Waals surface area contributed by atoms with Gasteiger partial charge in [-0.05, 0) is 47.4 Å². The number of hydrogen-bond donors (Lipinski definition) is 0. The minimum absolute atomic E-state index is 0.252. The third-order valence-electron chi connectivity index (χ3n) is 6.89. The number of ether oxygens (including phenoxy) is 2. The quantitative estimate of drug-likeness (QED) is 0.723. The van der Waals surface area contributed by atoms with Crippen LogP contribution in [0.5, 0.6) is 11.5 Å². The summed E-state index contributed by atoms with van der Waals surface area (Å²) >= 11 is 0. The van der Waals surface area contributed by atoms with E-state index in [1.54, 1.807) is 0 Å². The molecule has 5 rings (SSSR count). The van der Waals surface area contributed by atoms with Crippen LogP contribution < -0.4 is 9.47 Å². The molecule has 1 saturated heterocycles. The van der Waals surface area contributed by atoms with Crippen LogP contribution in [0.4, 0.5) is 0 Å². The molecule has 1 saturated carbocycles. The minimum atomic E-state index is 0.252. The third kappa shape index (κ3) is 4.03. The molecule has 0 spiro atoms. The van der Waals surface area contributed by atoms with Gasteiger partial charge in [0.15, 0.2) is 17.3 Å². The molecular formula is C22H32N6O2. The number of nitrogens with zero attached hydrogens (tertiary/aromatic N) is 6. The second-order valence-electron chi connectivity index (χ2n) is 8.67. The highest BCUT2D eigenvalue weighted by molar-refractivity contribution is 5.44. The molecule has 1 aromatic heterocycles. The lowest BCUT2D eigenvalue weighted by molar-refractivity contribution is 0.0516. The maximum absolute atomic E-state index is 5.52. The maximum Gasteiger partial charge on any atom is 0.231 e. The van der Waals surface area contributed by atoms with E-state index in [9.17, 15) is 0 Å². The highest BCUT2D eigenvalue weighted by Gasteiger charge is 2.30. The Balaban J connectivity index is 1.25. The van der Waals surface area contributed by atoms with Gasteiger partial charge in [-0.25, -0.2) is 4.68 Å². The lowest BCUT2D eigenvalue weighted by Crippen LogP contribution is -2.51. The average molecular weight is 413 g/mol. The van der Waals surface area contributed by atoms with Gasteiger partial charge >= 0.3 is 0 Å². The molecule has 1 aromatic carbocycles. The zero-order valence-corrected chi connectivity index (χ0v) is 17.9. The number of fused-ring (bicyclic) bond motifs is 1. The Morgan fingerprint density at radius 2 is 1.83 bits per heavy atom. The number of benzene rings is 1. The van der Waals surface area contributed by atoms with Crippen LogP contribution in [0.3, 0.4) is 0 Å². The van der Waals surface area contributed by atoms with E-state index in [2.05, 4.69) is 38.3 Å². The first-order valence-corrected chi connectivity index (χ1v) is 11.4. The maximum atomic E-state index is 5.52. The van der Waals surface area contributed by atoms with E-state index in [4.69, 9.17) is 9.47 Å². The summed E-state index contributed by atoms with van der Waals surface area (Å²) in [5, 5.41) is 12.7. The lowest BCUT2D eigenvalue weighted by Gasteiger charge is -2.42. The smallest absolute Gasteiger partial charge is 0.231 e. The van der Waals surface area contributed by atoms with E-state index >= 15 is 0 Å². The van der Waals surface area contributed by atoms with E-state index in [1.807, 2.05) is 16.8 Å². The third-order valence-corrected chi connectivity index (χ3v) is 6.89. The molecule has 1 atom stereocenters. The molecule has 8 heteroatoms. The summed E-state index contributed by atoms with van der Waals surface area (Å²) in [4.78, 5) is 5.29. The van der Waals surface area contributed by atoms with Crippen molar-refractivity contribution in [3.8, 4) is 11.5 Å². The molecule has 8 nitrogen and oxygen atoms in total. The summed E-state index contributed by atoms with van der Waals surface area (Å²) in [6.45, 7) is 7.66. The number of tetrazole rings is 1. The van der Waals surface area contributed by atoms with Crippen molar-refractivity contribution in [2.75, 3.05) is 33.0 Å². The predicted octanol–water partition coefficient (Wildman–Crippen LogP) is 2.85. The summed E-state index contributed by atoms with van der Waals surface area (Å²) in [5.74, 6) is 2.56. The van der Waals surface area contributed by atoms with E-state index in [0.717, 1.165) is 61.5 Å². The lowest BCUT2D eigenvalue weighted by atomic mass is 9.93. The Bertz CT molecular complexity index is 842. The first-order valence-electron chi connectivity index (χ1n) is 11.4. The van der Waals surface area contributed by atoms with Gasteiger partial charge in [0.2, 0.25) is 6.79 Å². The van der Waals surface area contributed by atoms with Gasteiger partial charge in [0, 0.05) is 32.2 Å². The Morgan fingerprint density at radius 1 is 1.03 bits per heavy atom. The van der Waals surface area contributed by atoms with Crippen molar-refractivity contribution in [3.05, 3.63) is 29.6 Å². The van der Waals surface area contributed by atoms with Gasteiger partial charge in [-0.1, -0.05) is 32.3 Å². The van der Waals surface area contributed by atoms with Gasteiger partial charge < -0.3 is 9.47 Å². The molecule has 1 unspecified atom stereocenters. The number of hydrogen-bond acceptors (Lipinski definition) is 7. The molecule has 3 aliphatic rings. The first-order chi connectivity index (χ1) is 14.8. The fraction of sp³-hybridized carbons (Fsp3) is 0.682. The molecule has 2 aliphatic heterocycles. The van der Waals surface area contributed by atoms with Crippen LogP contribution in [0.15, 0.2) is 18.2 Å². The zero-order valence-electron chi connectivity index (χ0n) is 17.9. The van der Waals surface area contributed by atoms with Crippen molar-refractivity contribution in [2.45, 2.75) is 64.1 Å². The SMILES string of the molecule is CCC(c1nnnn1Cc1ccc2c(c1)OCO2)N1CCN(C2CCCCC2)CC1. The van der Waals surface area contributed by atoms with Crippen LogP contribution >= 0.6 is 0 Å². The van der Waals surface area contributed by atoms with Gasteiger partial charge in [-0.2, -0.15) is 0 Å². The Labute approximate surface area is 178 Å². The number of rotatable bonds is 6. The van der Waals surface area contributed by atoms with Gasteiger partial charge in [-0.15, -0.1) is 5.10 Å². The van der Waals surface area contributed by atoms with Gasteiger partial charge in [-0.3, -0.25) is 9.80 Å². The van der Waals surface area contributed by atoms with Crippen molar-refractivity contribution in [3.63, 3.8) is 0 Å². The summed E-state index contributed by atoms with van der Waals surface area (Å²) < 4.78 is 12.9. The summed E-state index contributed by atoms with van der Waals surface area (Å²) in [7, 11) is 0. The fourth-order valence-corrected chi connectivity index (χ4v) is 5.24. The summed E-state index contributed by atoms with van der Waals surface area (Å²) in [5.41, 5.74) is 1.12. The van der Waals surface area contributed by atoms with Gasteiger partial charge in [0.05, 0.1) is 12.6 Å². The molecule has 0 bridgehead atoms. The van der Waals surface area contributed by atoms with Crippen molar-refractivity contribution in [1.29, 1.82) is 0 Å². The highest BCUT2D eigenvalue weighted by Crippen LogP contribution is 2.33. The molecule has 2 fully saturated rings. The van der Waals surface area contributed by atoms with Crippen LogP contribution in [0.2, 0.25) is 0 Å². The van der Waals surface area contributed by atoms with Crippen LogP contribution in [-0.4, -0.2) is 69.0 Å². The van der Waals surface area contributed by atoms with Crippen LogP contribution in [0.25, 0.3) is 0 Å². The monoisotopic (exact) mass is 412 g/mol. The van der Waals surface area contributed by atoms with Crippen molar-refractivity contribution in [2.24, 2.45) is 0 Å². The van der Waals surface area contributed by atoms with E-state index in [-0.39, 0.29) is 6.04 Å². The topological polar surface area (TPSA) is 68.5 Å². The largest absolute Gasteiger partial charge is 0.454 e. The molecule has 162 valence electrons. The van der Waals surface area contributed by atoms with Gasteiger partial charge in [0.25, 0.3) is 0 Å². The predicted molar refractivity (Wildman–Crippen MR) is 113 cm³/mol. The highest BCUT2D eigenvalue weighted by atomic mass is 16.7. The van der Waals surface area contributed by atoms with Crippen molar-refractivity contribution < 1.29 is 9.47 Å². The van der Waals surface area contributed by atoms with E-state index in [0.29, 0.717) is 13.3 Å². The molecular weight excluding hydrogens is 380 g/mol. The Morgan fingerprint density at radius 3 is 2.63 bits per heavy atom. The zero-order chi connectivity index (χ0) is 20.3. The van der Waals surface area contributed by atoms with Gasteiger partial charge in [0.1, 0.15) is 0 Å². The number of aromatic nitrogens is 4. The molecule has 0 amide bonds. The second kappa shape index (κ2) is 8.89.